The molecular formula is C24H28N2O4. The maximum atomic E-state index is 12.8. The molecule has 0 radical (unpaired) electrons. The van der Waals surface area contributed by atoms with Crippen LogP contribution in [0.1, 0.15) is 43.0 Å². The Balaban J connectivity index is 1.46. The van der Waals surface area contributed by atoms with Crippen LogP contribution in [0.4, 0.5) is 0 Å². The zero-order valence-electron chi connectivity index (χ0n) is 17.3. The van der Waals surface area contributed by atoms with Gasteiger partial charge in [-0.25, -0.2) is 0 Å². The first-order valence-corrected chi connectivity index (χ1v) is 10.5. The number of esters is 1. The number of carbonyl (C=O) groups excluding carboxylic acids is 3. The van der Waals surface area contributed by atoms with Crippen molar-refractivity contribution in [2.75, 3.05) is 19.7 Å². The van der Waals surface area contributed by atoms with Crippen molar-refractivity contribution in [3.63, 3.8) is 0 Å². The van der Waals surface area contributed by atoms with E-state index in [1.165, 1.54) is 0 Å². The first-order chi connectivity index (χ1) is 14.6. The number of amides is 2. The Kier molecular flexibility index (Phi) is 7.60. The van der Waals surface area contributed by atoms with E-state index in [0.29, 0.717) is 38.1 Å². The van der Waals surface area contributed by atoms with Crippen LogP contribution < -0.4 is 5.32 Å². The molecule has 1 N–H and O–H groups in total. The number of ether oxygens (including phenoxy) is 1. The summed E-state index contributed by atoms with van der Waals surface area (Å²) in [5.74, 6) is -0.489. The fraction of sp³-hybridized carbons (Fsp3) is 0.375. The second kappa shape index (κ2) is 10.6. The first kappa shape index (κ1) is 21.6. The predicted octanol–water partition coefficient (Wildman–Crippen LogP) is 3.42. The van der Waals surface area contributed by atoms with E-state index < -0.39 is 0 Å². The number of hydrogen-bond donors (Lipinski definition) is 1. The zero-order valence-corrected chi connectivity index (χ0v) is 17.3. The third-order valence-electron chi connectivity index (χ3n) is 5.25. The molecule has 0 atom stereocenters. The van der Waals surface area contributed by atoms with Gasteiger partial charge in [-0.1, -0.05) is 42.5 Å². The summed E-state index contributed by atoms with van der Waals surface area (Å²) in [6.07, 6.45) is 1.64. The van der Waals surface area contributed by atoms with Crippen LogP contribution in [-0.4, -0.2) is 48.4 Å². The monoisotopic (exact) mass is 408 g/mol. The molecule has 1 aliphatic rings. The van der Waals surface area contributed by atoms with Crippen LogP contribution in [0, 0.1) is 0 Å². The predicted molar refractivity (Wildman–Crippen MR) is 115 cm³/mol. The molecule has 0 unspecified atom stereocenters. The number of carbonyl (C=O) groups is 3. The maximum Gasteiger partial charge on any atom is 0.306 e. The Bertz CT molecular complexity index is 857. The van der Waals surface area contributed by atoms with Crippen molar-refractivity contribution in [2.24, 2.45) is 0 Å². The lowest BCUT2D eigenvalue weighted by molar-refractivity contribution is -0.144. The summed E-state index contributed by atoms with van der Waals surface area (Å²) >= 11 is 0. The van der Waals surface area contributed by atoms with E-state index >= 15 is 0 Å². The van der Waals surface area contributed by atoms with E-state index in [4.69, 9.17) is 4.74 Å². The van der Waals surface area contributed by atoms with Crippen LogP contribution in [-0.2, 0) is 14.3 Å². The number of hydrogen-bond acceptors (Lipinski definition) is 4. The Labute approximate surface area is 177 Å². The lowest BCUT2D eigenvalue weighted by Crippen LogP contribution is -2.46. The molecule has 1 saturated heterocycles. The van der Waals surface area contributed by atoms with Crippen molar-refractivity contribution < 1.29 is 19.1 Å². The van der Waals surface area contributed by atoms with Crippen LogP contribution in [0.2, 0.25) is 0 Å². The summed E-state index contributed by atoms with van der Waals surface area (Å²) in [5.41, 5.74) is 2.87. The summed E-state index contributed by atoms with van der Waals surface area (Å²) in [6, 6.07) is 17.8. The number of likely N-dealkylation sites (tertiary alicyclic amines) is 1. The molecule has 2 amide bonds. The van der Waals surface area contributed by atoms with Gasteiger partial charge in [0.1, 0.15) is 0 Å². The third kappa shape index (κ3) is 5.92. The van der Waals surface area contributed by atoms with Gasteiger partial charge in [-0.2, -0.15) is 0 Å². The molecule has 2 aromatic carbocycles. The number of piperidine rings is 1. The lowest BCUT2D eigenvalue weighted by atomic mass is 10.0. The van der Waals surface area contributed by atoms with Crippen LogP contribution in [0.5, 0.6) is 0 Å². The van der Waals surface area contributed by atoms with Crippen molar-refractivity contribution in [2.45, 2.75) is 38.6 Å². The molecule has 158 valence electrons. The van der Waals surface area contributed by atoms with Crippen LogP contribution in [0.15, 0.2) is 54.6 Å². The minimum Gasteiger partial charge on any atom is -0.466 e. The smallest absolute Gasteiger partial charge is 0.306 e. The highest BCUT2D eigenvalue weighted by atomic mass is 16.5. The van der Waals surface area contributed by atoms with Gasteiger partial charge in [-0.3, -0.25) is 14.4 Å². The van der Waals surface area contributed by atoms with Crippen LogP contribution in [0.3, 0.4) is 0 Å². The van der Waals surface area contributed by atoms with Crippen molar-refractivity contribution in [3.8, 4) is 11.1 Å². The Morgan fingerprint density at radius 2 is 1.57 bits per heavy atom. The average Bonchev–Trinajstić information content (AvgIpc) is 2.79. The molecule has 6 heteroatoms. The molecular weight excluding hydrogens is 380 g/mol. The van der Waals surface area contributed by atoms with E-state index in [-0.39, 0.29) is 36.7 Å². The van der Waals surface area contributed by atoms with E-state index in [2.05, 4.69) is 5.32 Å². The van der Waals surface area contributed by atoms with Gasteiger partial charge >= 0.3 is 5.97 Å². The quantitative estimate of drug-likeness (QED) is 0.713. The zero-order chi connectivity index (χ0) is 21.3. The average molecular weight is 408 g/mol. The molecule has 0 aromatic heterocycles. The molecule has 0 bridgehead atoms. The van der Waals surface area contributed by atoms with Gasteiger partial charge in [-0.15, -0.1) is 0 Å². The standard InChI is InChI=1S/C24H28N2O4/c1-2-30-23(28)13-12-22(27)25-21-14-16-26(17-15-21)24(29)20-10-8-19(9-11-20)18-6-4-3-5-7-18/h3-11,21H,2,12-17H2,1H3,(H,25,27). The molecule has 6 nitrogen and oxygen atoms in total. The van der Waals surface area contributed by atoms with Crippen LogP contribution in [0.25, 0.3) is 11.1 Å². The molecule has 0 spiro atoms. The third-order valence-corrected chi connectivity index (χ3v) is 5.25. The first-order valence-electron chi connectivity index (χ1n) is 10.5. The normalized spacial score (nSPS) is 14.2. The second-order valence-corrected chi connectivity index (χ2v) is 7.38. The molecule has 1 heterocycles. The van der Waals surface area contributed by atoms with Gasteiger partial charge in [0.2, 0.25) is 5.91 Å². The molecule has 0 aliphatic carbocycles. The topological polar surface area (TPSA) is 75.7 Å². The summed E-state index contributed by atoms with van der Waals surface area (Å²) in [4.78, 5) is 38.0. The highest BCUT2D eigenvalue weighted by molar-refractivity contribution is 5.94. The van der Waals surface area contributed by atoms with Gasteiger partial charge in [0.05, 0.1) is 13.0 Å². The van der Waals surface area contributed by atoms with Crippen molar-refractivity contribution in [1.82, 2.24) is 10.2 Å². The number of nitrogens with one attached hydrogen (secondary N) is 1. The van der Waals surface area contributed by atoms with Gasteiger partial charge in [0, 0.05) is 31.1 Å². The van der Waals surface area contributed by atoms with E-state index in [1.54, 1.807) is 6.92 Å². The van der Waals surface area contributed by atoms with Crippen molar-refractivity contribution >= 4 is 17.8 Å². The van der Waals surface area contributed by atoms with Crippen LogP contribution >= 0.6 is 0 Å². The summed E-state index contributed by atoms with van der Waals surface area (Å²) in [6.45, 7) is 3.26. The molecule has 0 saturated carbocycles. The lowest BCUT2D eigenvalue weighted by Gasteiger charge is -2.32. The Morgan fingerprint density at radius 1 is 0.933 bits per heavy atom. The van der Waals surface area contributed by atoms with Gasteiger partial charge in [-0.05, 0) is 43.0 Å². The molecule has 30 heavy (non-hydrogen) atoms. The maximum absolute atomic E-state index is 12.8. The fourth-order valence-electron chi connectivity index (χ4n) is 3.59. The summed E-state index contributed by atoms with van der Waals surface area (Å²) < 4.78 is 4.83. The molecule has 1 aliphatic heterocycles. The van der Waals surface area contributed by atoms with Crippen molar-refractivity contribution in [1.29, 1.82) is 0 Å². The largest absolute Gasteiger partial charge is 0.466 e. The summed E-state index contributed by atoms with van der Waals surface area (Å²) in [7, 11) is 0. The highest BCUT2D eigenvalue weighted by Crippen LogP contribution is 2.21. The minimum atomic E-state index is -0.355. The molecule has 3 rings (SSSR count). The minimum absolute atomic E-state index is 0.0155. The van der Waals surface area contributed by atoms with E-state index in [0.717, 1.165) is 11.1 Å². The number of nitrogens with zero attached hydrogens (tertiary/aromatic N) is 1. The Morgan fingerprint density at radius 3 is 2.20 bits per heavy atom. The van der Waals surface area contributed by atoms with E-state index in [9.17, 15) is 14.4 Å². The highest BCUT2D eigenvalue weighted by Gasteiger charge is 2.24. The second-order valence-electron chi connectivity index (χ2n) is 7.38. The van der Waals surface area contributed by atoms with Gasteiger partial charge in [0.25, 0.3) is 5.91 Å². The van der Waals surface area contributed by atoms with Gasteiger partial charge < -0.3 is 15.0 Å². The molecule has 2 aromatic rings. The van der Waals surface area contributed by atoms with E-state index in [1.807, 2.05) is 59.5 Å². The fourth-order valence-corrected chi connectivity index (χ4v) is 3.59. The van der Waals surface area contributed by atoms with Crippen molar-refractivity contribution in [3.05, 3.63) is 60.2 Å². The molecule has 1 fully saturated rings. The number of benzene rings is 2. The van der Waals surface area contributed by atoms with Gasteiger partial charge in [0.15, 0.2) is 0 Å². The summed E-state index contributed by atoms with van der Waals surface area (Å²) in [5, 5.41) is 2.96. The SMILES string of the molecule is CCOC(=O)CCC(=O)NC1CCN(C(=O)c2ccc(-c3ccccc3)cc2)CC1. The number of rotatable bonds is 7. The Hall–Kier alpha value is -3.15.